The molecule has 0 spiro atoms. The molecule has 1 aromatic carbocycles. The van der Waals surface area contributed by atoms with E-state index in [0.29, 0.717) is 23.0 Å². The van der Waals surface area contributed by atoms with E-state index in [-0.39, 0.29) is 43.5 Å². The fourth-order valence-electron chi connectivity index (χ4n) is 3.88. The summed E-state index contributed by atoms with van der Waals surface area (Å²) in [7, 11) is 0. The summed E-state index contributed by atoms with van der Waals surface area (Å²) in [6, 6.07) is 9.11. The molecule has 0 fully saturated rings. The maximum absolute atomic E-state index is 13.1. The molecule has 1 amide bonds. The van der Waals surface area contributed by atoms with Crippen LogP contribution in [0.2, 0.25) is 5.02 Å². The van der Waals surface area contributed by atoms with Gasteiger partial charge in [0.05, 0.1) is 18.3 Å². The van der Waals surface area contributed by atoms with Gasteiger partial charge in [0, 0.05) is 30.0 Å². The van der Waals surface area contributed by atoms with Crippen molar-refractivity contribution in [1.29, 1.82) is 0 Å². The van der Waals surface area contributed by atoms with Crippen LogP contribution in [0.15, 0.2) is 30.3 Å². The molecule has 0 saturated carbocycles. The van der Waals surface area contributed by atoms with Crippen LogP contribution in [0.4, 0.5) is 0 Å². The van der Waals surface area contributed by atoms with Gasteiger partial charge in [-0.15, -0.1) is 0 Å². The molecule has 0 radical (unpaired) electrons. The normalized spacial score (nSPS) is 15.7. The predicted molar refractivity (Wildman–Crippen MR) is 118 cm³/mol. The van der Waals surface area contributed by atoms with E-state index in [2.05, 4.69) is 6.92 Å². The van der Waals surface area contributed by atoms with Gasteiger partial charge in [-0.3, -0.25) is 19.1 Å². The standard InChI is InChI=1S/C23H28ClN3O4/c1-2-3-4-6-18-14-26(15-19(28)7-5-8-22(29)30)23(31)21-13-20(25-27(18)21)16-9-11-17(24)12-10-16/h9-13,18H,2-8,14-15H2,1H3,(H,29,30). The third-order valence-corrected chi connectivity index (χ3v) is 5.77. The molecule has 1 aliphatic heterocycles. The Labute approximate surface area is 187 Å². The number of carbonyl (C=O) groups excluding carboxylic acids is 2. The molecule has 3 rings (SSSR count). The number of carbonyl (C=O) groups is 3. The summed E-state index contributed by atoms with van der Waals surface area (Å²) < 4.78 is 1.81. The van der Waals surface area contributed by atoms with Crippen LogP contribution in [-0.4, -0.2) is 50.5 Å². The molecule has 2 aromatic rings. The number of halogens is 1. The summed E-state index contributed by atoms with van der Waals surface area (Å²) in [4.78, 5) is 37.7. The van der Waals surface area contributed by atoms with E-state index in [1.807, 2.05) is 16.8 Å². The van der Waals surface area contributed by atoms with Crippen LogP contribution in [0.1, 0.15) is 68.4 Å². The van der Waals surface area contributed by atoms with E-state index < -0.39 is 5.97 Å². The molecule has 1 aliphatic rings. The number of unbranched alkanes of at least 4 members (excludes halogenated alkanes) is 2. The highest BCUT2D eigenvalue weighted by Crippen LogP contribution is 2.30. The van der Waals surface area contributed by atoms with Gasteiger partial charge in [0.15, 0.2) is 5.78 Å². The monoisotopic (exact) mass is 445 g/mol. The lowest BCUT2D eigenvalue weighted by atomic mass is 10.0. The number of benzene rings is 1. The Balaban J connectivity index is 1.80. The molecular formula is C23H28ClN3O4. The van der Waals surface area contributed by atoms with Gasteiger partial charge >= 0.3 is 5.97 Å². The maximum Gasteiger partial charge on any atom is 0.303 e. The number of nitrogens with zero attached hydrogens (tertiary/aromatic N) is 3. The first-order chi connectivity index (χ1) is 14.9. The number of carboxylic acid groups (broad SMARTS) is 1. The first-order valence-corrected chi connectivity index (χ1v) is 11.1. The third kappa shape index (κ3) is 5.94. The van der Waals surface area contributed by atoms with Crippen molar-refractivity contribution in [2.24, 2.45) is 0 Å². The van der Waals surface area contributed by atoms with E-state index in [1.165, 1.54) is 0 Å². The summed E-state index contributed by atoms with van der Waals surface area (Å²) >= 11 is 5.99. The average molecular weight is 446 g/mol. The van der Waals surface area contributed by atoms with E-state index in [1.54, 1.807) is 23.1 Å². The fraction of sp³-hybridized carbons (Fsp3) is 0.478. The topological polar surface area (TPSA) is 92.5 Å². The van der Waals surface area contributed by atoms with Crippen LogP contribution in [0.25, 0.3) is 11.3 Å². The van der Waals surface area contributed by atoms with Gasteiger partial charge in [0.1, 0.15) is 5.69 Å². The summed E-state index contributed by atoms with van der Waals surface area (Å²) in [6.07, 6.45) is 4.49. The Bertz CT molecular complexity index is 939. The van der Waals surface area contributed by atoms with Gasteiger partial charge in [-0.05, 0) is 31.0 Å². The number of carboxylic acids is 1. The Morgan fingerprint density at radius 1 is 1.16 bits per heavy atom. The minimum atomic E-state index is -0.920. The number of rotatable bonds is 11. The summed E-state index contributed by atoms with van der Waals surface area (Å²) in [5, 5.41) is 14.1. The Hall–Kier alpha value is -2.67. The van der Waals surface area contributed by atoms with Crippen LogP contribution in [0, 0.1) is 0 Å². The van der Waals surface area contributed by atoms with E-state index in [9.17, 15) is 14.4 Å². The number of ketones is 1. The van der Waals surface area contributed by atoms with Crippen molar-refractivity contribution in [1.82, 2.24) is 14.7 Å². The quantitative estimate of drug-likeness (QED) is 0.510. The lowest BCUT2D eigenvalue weighted by Crippen LogP contribution is -2.45. The zero-order valence-corrected chi connectivity index (χ0v) is 18.5. The van der Waals surface area contributed by atoms with Gasteiger partial charge < -0.3 is 10.0 Å². The molecule has 166 valence electrons. The molecule has 1 unspecified atom stereocenters. The van der Waals surface area contributed by atoms with Gasteiger partial charge in [0.2, 0.25) is 0 Å². The molecule has 1 aromatic heterocycles. The average Bonchev–Trinajstić information content (AvgIpc) is 3.17. The molecule has 1 atom stereocenters. The number of hydrogen-bond donors (Lipinski definition) is 1. The van der Waals surface area contributed by atoms with Gasteiger partial charge in [-0.1, -0.05) is 49.9 Å². The zero-order chi connectivity index (χ0) is 22.4. The molecule has 1 N–H and O–H groups in total. The number of aliphatic carboxylic acids is 1. The third-order valence-electron chi connectivity index (χ3n) is 5.51. The molecular weight excluding hydrogens is 418 g/mol. The minimum Gasteiger partial charge on any atom is -0.481 e. The summed E-state index contributed by atoms with van der Waals surface area (Å²) in [5.74, 6) is -1.25. The molecule has 31 heavy (non-hydrogen) atoms. The first kappa shape index (κ1) is 23.0. The number of Topliss-reactive ketones (excluding diaryl/α,β-unsaturated/α-hetero) is 1. The van der Waals surface area contributed by atoms with Crippen molar-refractivity contribution in [2.45, 2.75) is 57.9 Å². The Morgan fingerprint density at radius 2 is 1.90 bits per heavy atom. The summed E-state index contributed by atoms with van der Waals surface area (Å²) in [6.45, 7) is 2.58. The van der Waals surface area contributed by atoms with Crippen molar-refractivity contribution in [3.05, 3.63) is 41.0 Å². The second-order valence-corrected chi connectivity index (χ2v) is 8.42. The van der Waals surface area contributed by atoms with Crippen molar-refractivity contribution in [3.63, 3.8) is 0 Å². The van der Waals surface area contributed by atoms with E-state index in [0.717, 1.165) is 31.2 Å². The van der Waals surface area contributed by atoms with Gasteiger partial charge in [-0.2, -0.15) is 5.10 Å². The molecule has 0 bridgehead atoms. The smallest absolute Gasteiger partial charge is 0.303 e. The van der Waals surface area contributed by atoms with Crippen LogP contribution in [-0.2, 0) is 9.59 Å². The van der Waals surface area contributed by atoms with Crippen LogP contribution >= 0.6 is 11.6 Å². The highest BCUT2D eigenvalue weighted by Gasteiger charge is 2.33. The van der Waals surface area contributed by atoms with Crippen LogP contribution in [0.5, 0.6) is 0 Å². The number of aromatic nitrogens is 2. The molecule has 0 saturated heterocycles. The zero-order valence-electron chi connectivity index (χ0n) is 17.7. The molecule has 7 nitrogen and oxygen atoms in total. The molecule has 2 heterocycles. The first-order valence-electron chi connectivity index (χ1n) is 10.8. The lowest BCUT2D eigenvalue weighted by Gasteiger charge is -2.33. The number of amides is 1. The maximum atomic E-state index is 13.1. The van der Waals surface area contributed by atoms with Gasteiger partial charge in [-0.25, -0.2) is 0 Å². The highest BCUT2D eigenvalue weighted by atomic mass is 35.5. The second kappa shape index (κ2) is 10.6. The SMILES string of the molecule is CCCCCC1CN(CC(=O)CCCC(=O)O)C(=O)c2cc(-c3ccc(Cl)cc3)nn21. The van der Waals surface area contributed by atoms with Crippen molar-refractivity contribution in [3.8, 4) is 11.3 Å². The predicted octanol–water partition coefficient (Wildman–Crippen LogP) is 4.60. The number of fused-ring (bicyclic) bond motifs is 1. The Kier molecular flexibility index (Phi) is 7.85. The van der Waals surface area contributed by atoms with Crippen molar-refractivity contribution in [2.75, 3.05) is 13.1 Å². The molecule has 8 heteroatoms. The number of hydrogen-bond acceptors (Lipinski definition) is 4. The fourth-order valence-corrected chi connectivity index (χ4v) is 4.01. The minimum absolute atomic E-state index is 0.00416. The molecule has 0 aliphatic carbocycles. The van der Waals surface area contributed by atoms with Crippen molar-refractivity contribution < 1.29 is 19.5 Å². The Morgan fingerprint density at radius 3 is 2.58 bits per heavy atom. The summed E-state index contributed by atoms with van der Waals surface area (Å²) in [5.41, 5.74) is 2.06. The highest BCUT2D eigenvalue weighted by molar-refractivity contribution is 6.30. The van der Waals surface area contributed by atoms with E-state index >= 15 is 0 Å². The van der Waals surface area contributed by atoms with Crippen LogP contribution in [0.3, 0.4) is 0 Å². The van der Waals surface area contributed by atoms with E-state index in [4.69, 9.17) is 21.8 Å². The second-order valence-electron chi connectivity index (χ2n) is 7.99. The van der Waals surface area contributed by atoms with Crippen LogP contribution < -0.4 is 0 Å². The largest absolute Gasteiger partial charge is 0.481 e. The van der Waals surface area contributed by atoms with Gasteiger partial charge in [0.25, 0.3) is 5.91 Å². The lowest BCUT2D eigenvalue weighted by molar-refractivity contribution is -0.137. The van der Waals surface area contributed by atoms with Crippen molar-refractivity contribution >= 4 is 29.3 Å².